The molecular weight excluding hydrogens is 547 g/mol. The van der Waals surface area contributed by atoms with Gasteiger partial charge in [-0.2, -0.15) is 13.2 Å². The largest absolute Gasteiger partial charge is 0.416 e. The van der Waals surface area contributed by atoms with Gasteiger partial charge < -0.3 is 14.4 Å². The van der Waals surface area contributed by atoms with Crippen LogP contribution >= 0.6 is 0 Å². The van der Waals surface area contributed by atoms with Crippen LogP contribution in [0.3, 0.4) is 0 Å². The Hall–Kier alpha value is -2.60. The first kappa shape index (κ1) is 30.8. The van der Waals surface area contributed by atoms with Crippen LogP contribution in [0, 0.1) is 13.8 Å². The van der Waals surface area contributed by atoms with Gasteiger partial charge in [-0.3, -0.25) is 14.6 Å². The van der Waals surface area contributed by atoms with Crippen LogP contribution in [-0.2, 0) is 22.1 Å². The Kier molecular flexibility index (Phi) is 8.95. The van der Waals surface area contributed by atoms with E-state index in [1.54, 1.807) is 13.2 Å². The summed E-state index contributed by atoms with van der Waals surface area (Å²) in [5.41, 5.74) is 3.00. The lowest BCUT2D eigenvalue weighted by Crippen LogP contribution is -2.62. The second kappa shape index (κ2) is 12.2. The van der Waals surface area contributed by atoms with Crippen LogP contribution in [0.4, 0.5) is 13.2 Å². The fourth-order valence-electron chi connectivity index (χ4n) is 7.04. The number of rotatable bonds is 7. The normalized spacial score (nSPS) is 25.0. The maximum absolute atomic E-state index is 13.5. The van der Waals surface area contributed by atoms with Gasteiger partial charge >= 0.3 is 6.18 Å². The van der Waals surface area contributed by atoms with Crippen molar-refractivity contribution in [1.29, 1.82) is 0 Å². The zero-order chi connectivity index (χ0) is 30.2. The molecule has 2 fully saturated rings. The van der Waals surface area contributed by atoms with Crippen molar-refractivity contribution in [3.63, 3.8) is 0 Å². The van der Waals surface area contributed by atoms with Crippen LogP contribution in [0.5, 0.6) is 0 Å². The van der Waals surface area contributed by atoms with Gasteiger partial charge in [0.15, 0.2) is 0 Å². The Balaban J connectivity index is 1.27. The summed E-state index contributed by atoms with van der Waals surface area (Å²) in [6, 6.07) is 4.21. The molecule has 1 aromatic carbocycles. The van der Waals surface area contributed by atoms with Gasteiger partial charge in [-0.1, -0.05) is 6.07 Å². The Bertz CT molecular complexity index is 1260. The third-order valence-corrected chi connectivity index (χ3v) is 9.55. The number of likely N-dealkylation sites (tertiary alicyclic amines) is 1. The van der Waals surface area contributed by atoms with Crippen molar-refractivity contribution in [3.8, 4) is 0 Å². The molecule has 3 heterocycles. The third kappa shape index (κ3) is 6.06. The molecule has 2 aromatic rings. The highest BCUT2D eigenvalue weighted by atomic mass is 19.4. The summed E-state index contributed by atoms with van der Waals surface area (Å²) >= 11 is 0. The lowest BCUT2D eigenvalue weighted by Gasteiger charge is -2.53. The zero-order valence-electron chi connectivity index (χ0n) is 25.2. The lowest BCUT2D eigenvalue weighted by atomic mass is 9.86. The van der Waals surface area contributed by atoms with Gasteiger partial charge in [0, 0.05) is 57.8 Å². The quantitative estimate of drug-likeness (QED) is 0.443. The maximum atomic E-state index is 13.5. The van der Waals surface area contributed by atoms with E-state index in [0.29, 0.717) is 55.2 Å². The predicted molar refractivity (Wildman–Crippen MR) is 152 cm³/mol. The lowest BCUT2D eigenvalue weighted by molar-refractivity contribution is -0.137. The fraction of sp³-hybridized carbons (Fsp3) is 0.645. The highest BCUT2D eigenvalue weighted by molar-refractivity contribution is 5.96. The molecule has 0 bridgehead atoms. The second-order valence-corrected chi connectivity index (χ2v) is 12.2. The van der Waals surface area contributed by atoms with Gasteiger partial charge in [0.2, 0.25) is 0 Å². The van der Waals surface area contributed by atoms with Crippen molar-refractivity contribution >= 4 is 5.91 Å². The molecule has 1 aromatic heterocycles. The molecule has 3 aliphatic rings. The van der Waals surface area contributed by atoms with Crippen molar-refractivity contribution < 1.29 is 27.4 Å². The molecular formula is C31H42F3N5O3. The number of hydrogen-bond acceptors (Lipinski definition) is 7. The average Bonchev–Trinajstić information content (AvgIpc) is 3.30. The van der Waals surface area contributed by atoms with Crippen molar-refractivity contribution in [2.45, 2.75) is 76.9 Å². The number of alkyl halides is 3. The summed E-state index contributed by atoms with van der Waals surface area (Å²) in [5, 5.41) is 0. The first-order valence-corrected chi connectivity index (χ1v) is 14.8. The highest BCUT2D eigenvalue weighted by Gasteiger charge is 2.45. The van der Waals surface area contributed by atoms with E-state index >= 15 is 0 Å². The van der Waals surface area contributed by atoms with Crippen LogP contribution in [0.1, 0.15) is 71.2 Å². The van der Waals surface area contributed by atoms with Crippen LogP contribution in [0.25, 0.3) is 0 Å². The fourth-order valence-corrected chi connectivity index (χ4v) is 7.04. The molecule has 3 atom stereocenters. The molecule has 2 aliphatic heterocycles. The summed E-state index contributed by atoms with van der Waals surface area (Å²) in [6.07, 6.45) is -0.924. The predicted octanol–water partition coefficient (Wildman–Crippen LogP) is 4.44. The number of aromatic nitrogens is 2. The molecule has 230 valence electrons. The minimum Gasteiger partial charge on any atom is -0.382 e. The first-order valence-electron chi connectivity index (χ1n) is 14.8. The van der Waals surface area contributed by atoms with Crippen molar-refractivity contribution in [3.05, 3.63) is 58.2 Å². The van der Waals surface area contributed by atoms with Crippen LogP contribution in [0.2, 0.25) is 0 Å². The molecule has 11 heteroatoms. The monoisotopic (exact) mass is 589 g/mol. The molecule has 5 rings (SSSR count). The average molecular weight is 590 g/mol. The molecule has 1 aliphatic carbocycles. The van der Waals surface area contributed by atoms with Crippen molar-refractivity contribution in [2.75, 3.05) is 53.0 Å². The number of carbonyl (C=O) groups excluding carboxylic acids is 1. The van der Waals surface area contributed by atoms with Gasteiger partial charge in [-0.05, 0) is 63.8 Å². The Labute approximate surface area is 246 Å². The summed E-state index contributed by atoms with van der Waals surface area (Å²) in [4.78, 5) is 28.6. The van der Waals surface area contributed by atoms with Crippen LogP contribution < -0.4 is 0 Å². The van der Waals surface area contributed by atoms with Crippen LogP contribution in [-0.4, -0.2) is 101 Å². The Morgan fingerprint density at radius 2 is 1.76 bits per heavy atom. The molecule has 0 N–H and O–H groups in total. The summed E-state index contributed by atoms with van der Waals surface area (Å²) < 4.78 is 51.8. The van der Waals surface area contributed by atoms with Gasteiger partial charge in [-0.25, -0.2) is 9.97 Å². The first-order chi connectivity index (χ1) is 19.9. The van der Waals surface area contributed by atoms with E-state index in [0.717, 1.165) is 38.0 Å². The van der Waals surface area contributed by atoms with E-state index in [4.69, 9.17) is 9.47 Å². The Morgan fingerprint density at radius 3 is 2.38 bits per heavy atom. The number of piperidine rings is 1. The van der Waals surface area contributed by atoms with Crippen molar-refractivity contribution in [2.24, 2.45) is 0 Å². The molecule has 0 radical (unpaired) electrons. The SMILES string of the molecule is COCCO[C@@H]1Cc2cc(C(F)(F)F)ccc2[C@H]1N1CCN(C2(C)CCN(C(=O)c3c(C)ncnc3C)CC2)CC1C. The number of piperazine rings is 1. The number of amides is 1. The van der Waals surface area contributed by atoms with E-state index < -0.39 is 11.7 Å². The standard InChI is InChI=1S/C31H42F3N5O3/c1-20-18-38(30(4)8-10-37(11-9-30)29(40)27-21(2)35-19-36-22(27)3)12-13-39(20)28-25-7-6-24(31(32,33)34)16-23(25)17-26(28)42-15-14-41-5/h6-7,16,19-20,26,28H,8-15,17-18H2,1-5H3/t20?,26-,28-/m1/s1. The summed E-state index contributed by atoms with van der Waals surface area (Å²) in [6.45, 7) is 12.8. The number of fused-ring (bicyclic) bond motifs is 1. The smallest absolute Gasteiger partial charge is 0.382 e. The molecule has 0 saturated carbocycles. The number of benzene rings is 1. The number of hydrogen-bond donors (Lipinski definition) is 0. The molecule has 1 unspecified atom stereocenters. The van der Waals surface area contributed by atoms with Gasteiger partial charge in [0.25, 0.3) is 5.91 Å². The van der Waals surface area contributed by atoms with E-state index in [1.165, 1.54) is 18.5 Å². The number of methoxy groups -OCH3 is 1. The molecule has 8 nitrogen and oxygen atoms in total. The summed E-state index contributed by atoms with van der Waals surface area (Å²) in [5.74, 6) is -0.000989. The summed E-state index contributed by atoms with van der Waals surface area (Å²) in [7, 11) is 1.61. The van der Waals surface area contributed by atoms with Gasteiger partial charge in [0.1, 0.15) is 6.33 Å². The topological polar surface area (TPSA) is 71.0 Å². The van der Waals surface area contributed by atoms with E-state index in [1.807, 2.05) is 18.7 Å². The number of carbonyl (C=O) groups is 1. The molecule has 1 amide bonds. The van der Waals surface area contributed by atoms with Gasteiger partial charge in [-0.15, -0.1) is 0 Å². The van der Waals surface area contributed by atoms with E-state index in [2.05, 4.69) is 33.6 Å². The molecule has 42 heavy (non-hydrogen) atoms. The number of halogens is 3. The third-order valence-electron chi connectivity index (χ3n) is 9.55. The van der Waals surface area contributed by atoms with Gasteiger partial charge in [0.05, 0.1) is 47.9 Å². The van der Waals surface area contributed by atoms with E-state index in [-0.39, 0.29) is 29.6 Å². The minimum absolute atomic E-state index is 0.000989. The maximum Gasteiger partial charge on any atom is 0.416 e. The molecule has 2 saturated heterocycles. The number of ether oxygens (including phenoxy) is 2. The second-order valence-electron chi connectivity index (χ2n) is 12.2. The minimum atomic E-state index is -4.37. The van der Waals surface area contributed by atoms with Crippen molar-refractivity contribution in [1.82, 2.24) is 24.7 Å². The van der Waals surface area contributed by atoms with Crippen LogP contribution in [0.15, 0.2) is 24.5 Å². The van der Waals surface area contributed by atoms with E-state index in [9.17, 15) is 18.0 Å². The Morgan fingerprint density at radius 1 is 1.07 bits per heavy atom. The zero-order valence-corrected chi connectivity index (χ0v) is 25.2. The molecule has 0 spiro atoms. The number of aryl methyl sites for hydroxylation is 2. The number of nitrogens with zero attached hydrogens (tertiary/aromatic N) is 5. The highest BCUT2D eigenvalue weighted by Crippen LogP contribution is 2.43.